The van der Waals surface area contributed by atoms with Gasteiger partial charge in [0.2, 0.25) is 0 Å². The summed E-state index contributed by atoms with van der Waals surface area (Å²) in [5.41, 5.74) is 0. The SMILES string of the molecule is O=C(NCC(O)CBr)c1sccc1Cl. The summed E-state index contributed by atoms with van der Waals surface area (Å²) in [6, 6.07) is 1.67. The number of aliphatic hydroxyl groups is 1. The molecule has 1 rings (SSSR count). The molecule has 0 saturated carbocycles. The highest BCUT2D eigenvalue weighted by molar-refractivity contribution is 9.09. The van der Waals surface area contributed by atoms with Crippen molar-refractivity contribution in [3.8, 4) is 0 Å². The molecule has 0 aliphatic carbocycles. The molecule has 1 atom stereocenters. The van der Waals surface area contributed by atoms with Crippen molar-refractivity contribution < 1.29 is 9.90 Å². The molecule has 0 radical (unpaired) electrons. The lowest BCUT2D eigenvalue weighted by Gasteiger charge is -2.07. The van der Waals surface area contributed by atoms with Gasteiger partial charge in [0, 0.05) is 11.9 Å². The Morgan fingerprint density at radius 2 is 2.50 bits per heavy atom. The zero-order valence-electron chi connectivity index (χ0n) is 7.17. The molecule has 1 unspecified atom stereocenters. The quantitative estimate of drug-likeness (QED) is 0.834. The molecular formula is C8H9BrClNO2S. The third-order valence-electron chi connectivity index (χ3n) is 1.50. The average Bonchev–Trinajstić information content (AvgIpc) is 2.60. The van der Waals surface area contributed by atoms with Crippen LogP contribution in [0.5, 0.6) is 0 Å². The first-order valence-electron chi connectivity index (χ1n) is 3.90. The van der Waals surface area contributed by atoms with Gasteiger partial charge in [-0.2, -0.15) is 0 Å². The Balaban J connectivity index is 2.47. The van der Waals surface area contributed by atoms with E-state index in [1.165, 1.54) is 11.3 Å². The molecule has 1 heterocycles. The van der Waals surface area contributed by atoms with Gasteiger partial charge < -0.3 is 10.4 Å². The summed E-state index contributed by atoms with van der Waals surface area (Å²) in [6.07, 6.45) is -0.572. The minimum Gasteiger partial charge on any atom is -0.390 e. The zero-order chi connectivity index (χ0) is 10.6. The molecule has 1 aromatic rings. The second kappa shape index (κ2) is 5.70. The van der Waals surface area contributed by atoms with E-state index in [9.17, 15) is 9.90 Å². The van der Waals surface area contributed by atoms with E-state index < -0.39 is 6.10 Å². The van der Waals surface area contributed by atoms with Gasteiger partial charge in [0.05, 0.1) is 11.1 Å². The van der Waals surface area contributed by atoms with Crippen molar-refractivity contribution in [1.29, 1.82) is 0 Å². The molecule has 0 bridgehead atoms. The van der Waals surface area contributed by atoms with Crippen LogP contribution in [0.15, 0.2) is 11.4 Å². The normalized spacial score (nSPS) is 12.5. The van der Waals surface area contributed by atoms with E-state index >= 15 is 0 Å². The summed E-state index contributed by atoms with van der Waals surface area (Å²) in [6.45, 7) is 0.221. The number of nitrogens with one attached hydrogen (secondary N) is 1. The van der Waals surface area contributed by atoms with Crippen molar-refractivity contribution in [2.45, 2.75) is 6.10 Å². The molecule has 0 aliphatic rings. The lowest BCUT2D eigenvalue weighted by atomic mass is 10.4. The summed E-state index contributed by atoms with van der Waals surface area (Å²) in [7, 11) is 0. The number of thiophene rings is 1. The second-order valence-electron chi connectivity index (χ2n) is 2.62. The van der Waals surface area contributed by atoms with E-state index in [-0.39, 0.29) is 12.5 Å². The first-order chi connectivity index (χ1) is 6.65. The van der Waals surface area contributed by atoms with Crippen LogP contribution in [0.1, 0.15) is 9.67 Å². The molecule has 6 heteroatoms. The smallest absolute Gasteiger partial charge is 0.262 e. The molecule has 0 spiro atoms. The fourth-order valence-electron chi connectivity index (χ4n) is 0.801. The Labute approximate surface area is 99.2 Å². The number of amides is 1. The molecule has 1 amide bonds. The van der Waals surface area contributed by atoms with Crippen molar-refractivity contribution >= 4 is 44.8 Å². The van der Waals surface area contributed by atoms with Crippen LogP contribution in [-0.4, -0.2) is 29.0 Å². The number of carbonyl (C=O) groups excluding carboxylic acids is 1. The van der Waals surface area contributed by atoms with Gasteiger partial charge in [-0.1, -0.05) is 27.5 Å². The number of carbonyl (C=O) groups is 1. The number of halogens is 2. The highest BCUT2D eigenvalue weighted by atomic mass is 79.9. The van der Waals surface area contributed by atoms with Gasteiger partial charge in [0.15, 0.2) is 0 Å². The Morgan fingerprint density at radius 3 is 3.00 bits per heavy atom. The van der Waals surface area contributed by atoms with Crippen LogP contribution in [0.3, 0.4) is 0 Å². The van der Waals surface area contributed by atoms with E-state index in [0.717, 1.165) is 0 Å². The number of alkyl halides is 1. The fraction of sp³-hybridized carbons (Fsp3) is 0.375. The number of hydrogen-bond acceptors (Lipinski definition) is 3. The molecule has 1 aromatic heterocycles. The lowest BCUT2D eigenvalue weighted by molar-refractivity contribution is 0.0930. The monoisotopic (exact) mass is 297 g/mol. The van der Waals surface area contributed by atoms with Crippen LogP contribution in [0.25, 0.3) is 0 Å². The first kappa shape index (κ1) is 12.0. The van der Waals surface area contributed by atoms with Gasteiger partial charge in [0.25, 0.3) is 5.91 Å². The maximum Gasteiger partial charge on any atom is 0.262 e. The Hall–Kier alpha value is -0.100. The van der Waals surface area contributed by atoms with Gasteiger partial charge in [-0.05, 0) is 11.4 Å². The predicted octanol–water partition coefficient (Wildman–Crippen LogP) is 1.89. The first-order valence-corrected chi connectivity index (χ1v) is 6.28. The highest BCUT2D eigenvalue weighted by Gasteiger charge is 2.12. The molecule has 0 saturated heterocycles. The fourth-order valence-corrected chi connectivity index (χ4v) is 2.09. The van der Waals surface area contributed by atoms with Crippen LogP contribution < -0.4 is 5.32 Å². The maximum absolute atomic E-state index is 11.4. The average molecular weight is 299 g/mol. The van der Waals surface area contributed by atoms with Crippen LogP contribution in [-0.2, 0) is 0 Å². The topological polar surface area (TPSA) is 49.3 Å². The Bertz CT molecular complexity index is 318. The van der Waals surface area contributed by atoms with E-state index in [4.69, 9.17) is 11.6 Å². The molecule has 3 nitrogen and oxygen atoms in total. The summed E-state index contributed by atoms with van der Waals surface area (Å²) in [5.74, 6) is -0.245. The molecule has 78 valence electrons. The van der Waals surface area contributed by atoms with Gasteiger partial charge in [-0.25, -0.2) is 0 Å². The van der Waals surface area contributed by atoms with Crippen molar-refractivity contribution in [1.82, 2.24) is 5.32 Å². The van der Waals surface area contributed by atoms with Crippen LogP contribution in [0, 0.1) is 0 Å². The van der Waals surface area contributed by atoms with E-state index in [1.54, 1.807) is 11.4 Å². The number of aliphatic hydroxyl groups excluding tert-OH is 1. The molecule has 0 aromatic carbocycles. The van der Waals surface area contributed by atoms with E-state index in [1.807, 2.05) is 0 Å². The van der Waals surface area contributed by atoms with Crippen molar-refractivity contribution in [3.63, 3.8) is 0 Å². The lowest BCUT2D eigenvalue weighted by Crippen LogP contribution is -2.32. The molecule has 0 fully saturated rings. The Kier molecular flexibility index (Phi) is 4.88. The summed E-state index contributed by atoms with van der Waals surface area (Å²) < 4.78 is 0. The van der Waals surface area contributed by atoms with Gasteiger partial charge in [-0.3, -0.25) is 4.79 Å². The maximum atomic E-state index is 11.4. The Morgan fingerprint density at radius 1 is 1.79 bits per heavy atom. The predicted molar refractivity (Wildman–Crippen MR) is 61.5 cm³/mol. The van der Waals surface area contributed by atoms with Crippen LogP contribution in [0.4, 0.5) is 0 Å². The summed E-state index contributed by atoms with van der Waals surface area (Å²) >= 11 is 10.1. The third kappa shape index (κ3) is 3.24. The number of hydrogen-bond donors (Lipinski definition) is 2. The van der Waals surface area contributed by atoms with Gasteiger partial charge in [-0.15, -0.1) is 11.3 Å². The highest BCUT2D eigenvalue weighted by Crippen LogP contribution is 2.21. The third-order valence-corrected chi connectivity index (χ3v) is 3.59. The molecule has 0 aliphatic heterocycles. The van der Waals surface area contributed by atoms with E-state index in [2.05, 4.69) is 21.2 Å². The van der Waals surface area contributed by atoms with Crippen molar-refractivity contribution in [3.05, 3.63) is 21.3 Å². The minimum atomic E-state index is -0.572. The standard InChI is InChI=1S/C8H9BrClNO2S/c9-3-5(12)4-11-8(13)7-6(10)1-2-14-7/h1-2,5,12H,3-4H2,(H,11,13). The van der Waals surface area contributed by atoms with Crippen LogP contribution in [0.2, 0.25) is 5.02 Å². The van der Waals surface area contributed by atoms with Gasteiger partial charge >= 0.3 is 0 Å². The van der Waals surface area contributed by atoms with Gasteiger partial charge in [0.1, 0.15) is 4.88 Å². The summed E-state index contributed by atoms with van der Waals surface area (Å²) in [5, 5.41) is 14.4. The van der Waals surface area contributed by atoms with Crippen LogP contribution >= 0.6 is 38.9 Å². The second-order valence-corrected chi connectivity index (χ2v) is 4.59. The number of rotatable bonds is 4. The van der Waals surface area contributed by atoms with E-state index in [0.29, 0.717) is 15.2 Å². The molecule has 2 N–H and O–H groups in total. The minimum absolute atomic E-state index is 0.221. The zero-order valence-corrected chi connectivity index (χ0v) is 10.3. The molecular weight excluding hydrogens is 290 g/mol. The van der Waals surface area contributed by atoms with Crippen molar-refractivity contribution in [2.24, 2.45) is 0 Å². The largest absolute Gasteiger partial charge is 0.390 e. The summed E-state index contributed by atoms with van der Waals surface area (Å²) in [4.78, 5) is 11.9. The molecule has 14 heavy (non-hydrogen) atoms. The van der Waals surface area contributed by atoms with Crippen molar-refractivity contribution in [2.75, 3.05) is 11.9 Å².